The Balaban J connectivity index is 1.80. The van der Waals surface area contributed by atoms with Crippen LogP contribution in [0.3, 0.4) is 0 Å². The van der Waals surface area contributed by atoms with E-state index in [1.807, 2.05) is 41.3 Å². The molecular formula is C17H15BrN2O. The lowest BCUT2D eigenvalue weighted by Crippen LogP contribution is -2.44. The number of nitrogens with one attached hydrogen (secondary N) is 1. The predicted octanol–water partition coefficient (Wildman–Crippen LogP) is 4.18. The highest BCUT2D eigenvalue weighted by Gasteiger charge is 2.41. The Labute approximate surface area is 132 Å². The van der Waals surface area contributed by atoms with E-state index in [0.29, 0.717) is 6.04 Å². The first-order valence-electron chi connectivity index (χ1n) is 7.18. The van der Waals surface area contributed by atoms with Crippen molar-refractivity contribution in [1.82, 2.24) is 4.90 Å². The molecule has 0 saturated heterocycles. The summed E-state index contributed by atoms with van der Waals surface area (Å²) in [7, 11) is 0. The van der Waals surface area contributed by atoms with Gasteiger partial charge in [-0.2, -0.15) is 0 Å². The Kier molecular flexibility index (Phi) is 3.00. The van der Waals surface area contributed by atoms with Crippen LogP contribution in [0.2, 0.25) is 0 Å². The molecule has 106 valence electrons. The van der Waals surface area contributed by atoms with Gasteiger partial charge in [-0.25, -0.2) is 0 Å². The predicted molar refractivity (Wildman–Crippen MR) is 86.1 cm³/mol. The molecule has 21 heavy (non-hydrogen) atoms. The van der Waals surface area contributed by atoms with Gasteiger partial charge in [-0.15, -0.1) is 0 Å². The van der Waals surface area contributed by atoms with E-state index in [-0.39, 0.29) is 12.1 Å². The van der Waals surface area contributed by atoms with E-state index >= 15 is 0 Å². The van der Waals surface area contributed by atoms with Gasteiger partial charge in [-0.3, -0.25) is 4.79 Å². The molecule has 1 amide bonds. The summed E-state index contributed by atoms with van der Waals surface area (Å²) < 4.78 is 1.03. The molecule has 1 atom stereocenters. The van der Waals surface area contributed by atoms with E-state index in [0.717, 1.165) is 34.1 Å². The smallest absolute Gasteiger partial charge is 0.258 e. The zero-order valence-corrected chi connectivity index (χ0v) is 13.0. The molecule has 3 nitrogen and oxygen atoms in total. The van der Waals surface area contributed by atoms with E-state index in [2.05, 4.69) is 33.4 Å². The zero-order valence-electron chi connectivity index (χ0n) is 11.4. The number of anilines is 1. The van der Waals surface area contributed by atoms with Crippen LogP contribution in [-0.4, -0.2) is 16.8 Å². The Hall–Kier alpha value is -1.81. The second kappa shape index (κ2) is 4.88. The van der Waals surface area contributed by atoms with Gasteiger partial charge < -0.3 is 10.2 Å². The lowest BCUT2D eigenvalue weighted by molar-refractivity contribution is 0.0666. The van der Waals surface area contributed by atoms with E-state index in [1.165, 1.54) is 0 Å². The largest absolute Gasteiger partial charge is 0.361 e. The van der Waals surface area contributed by atoms with Crippen molar-refractivity contribution in [1.29, 1.82) is 0 Å². The SMILES string of the molecule is O=C1c2ccccc2N[C@H](c2cccc(Br)c2)N1C1CC1. The number of hydrogen-bond donors (Lipinski definition) is 1. The number of carbonyl (C=O) groups is 1. The van der Waals surface area contributed by atoms with Crippen molar-refractivity contribution in [2.75, 3.05) is 5.32 Å². The standard InChI is InChI=1S/C17H15BrN2O/c18-12-5-3-4-11(10-12)16-19-15-7-2-1-6-14(15)17(21)20(16)13-8-9-13/h1-7,10,13,16,19H,8-9H2/t16-/m0/s1. The molecule has 1 saturated carbocycles. The zero-order chi connectivity index (χ0) is 14.4. The third kappa shape index (κ3) is 2.23. The maximum atomic E-state index is 12.8. The van der Waals surface area contributed by atoms with Gasteiger partial charge in [0.2, 0.25) is 0 Å². The molecule has 1 fully saturated rings. The first-order chi connectivity index (χ1) is 10.2. The number of nitrogens with zero attached hydrogens (tertiary/aromatic N) is 1. The molecule has 4 rings (SSSR count). The number of carbonyl (C=O) groups excluding carboxylic acids is 1. The third-order valence-corrected chi connectivity index (χ3v) is 4.56. The number of amides is 1. The van der Waals surface area contributed by atoms with Crippen molar-refractivity contribution < 1.29 is 4.79 Å². The molecular weight excluding hydrogens is 328 g/mol. The Bertz CT molecular complexity index is 711. The molecule has 0 radical (unpaired) electrons. The number of rotatable bonds is 2. The van der Waals surface area contributed by atoms with Crippen molar-refractivity contribution >= 4 is 27.5 Å². The highest BCUT2D eigenvalue weighted by molar-refractivity contribution is 9.10. The monoisotopic (exact) mass is 342 g/mol. The molecule has 0 bridgehead atoms. The fourth-order valence-electron chi connectivity index (χ4n) is 2.92. The van der Waals surface area contributed by atoms with Crippen LogP contribution in [0.15, 0.2) is 53.0 Å². The second-order valence-corrected chi connectivity index (χ2v) is 6.51. The lowest BCUT2D eigenvalue weighted by Gasteiger charge is -2.38. The minimum Gasteiger partial charge on any atom is -0.361 e. The first-order valence-corrected chi connectivity index (χ1v) is 7.97. The van der Waals surface area contributed by atoms with Crippen molar-refractivity contribution in [3.63, 3.8) is 0 Å². The summed E-state index contributed by atoms with van der Waals surface area (Å²) in [5.74, 6) is 0.136. The number of fused-ring (bicyclic) bond motifs is 1. The van der Waals surface area contributed by atoms with E-state index < -0.39 is 0 Å². The Morgan fingerprint density at radius 3 is 2.67 bits per heavy atom. The quantitative estimate of drug-likeness (QED) is 0.887. The molecule has 1 N–H and O–H groups in total. The molecule has 1 aliphatic carbocycles. The van der Waals surface area contributed by atoms with Crippen molar-refractivity contribution in [2.45, 2.75) is 25.0 Å². The van der Waals surface area contributed by atoms with E-state index in [9.17, 15) is 4.79 Å². The van der Waals surface area contributed by atoms with Gasteiger partial charge in [-0.1, -0.05) is 40.2 Å². The van der Waals surface area contributed by atoms with Crippen molar-refractivity contribution in [3.05, 3.63) is 64.1 Å². The maximum absolute atomic E-state index is 12.8. The second-order valence-electron chi connectivity index (χ2n) is 5.59. The topological polar surface area (TPSA) is 32.3 Å². The summed E-state index contributed by atoms with van der Waals surface area (Å²) in [5.41, 5.74) is 2.80. The molecule has 1 aliphatic heterocycles. The lowest BCUT2D eigenvalue weighted by atomic mass is 10.0. The molecule has 0 aromatic heterocycles. The average molecular weight is 343 g/mol. The summed E-state index contributed by atoms with van der Waals surface area (Å²) in [6.45, 7) is 0. The molecule has 0 unspecified atom stereocenters. The number of halogens is 1. The summed E-state index contributed by atoms with van der Waals surface area (Å²) in [6, 6.07) is 16.3. The number of para-hydroxylation sites is 1. The Morgan fingerprint density at radius 1 is 1.10 bits per heavy atom. The van der Waals surface area contributed by atoms with Crippen molar-refractivity contribution in [2.24, 2.45) is 0 Å². The summed E-state index contributed by atoms with van der Waals surface area (Å²) >= 11 is 3.52. The van der Waals surface area contributed by atoms with Gasteiger partial charge in [0, 0.05) is 16.2 Å². The summed E-state index contributed by atoms with van der Waals surface area (Å²) in [4.78, 5) is 14.8. The highest BCUT2D eigenvalue weighted by Crippen LogP contribution is 2.40. The van der Waals surface area contributed by atoms with E-state index in [4.69, 9.17) is 0 Å². The minimum atomic E-state index is -0.0857. The van der Waals surface area contributed by atoms with Crippen LogP contribution >= 0.6 is 15.9 Å². The first kappa shape index (κ1) is 12.9. The van der Waals surface area contributed by atoms with Gasteiger partial charge in [-0.05, 0) is 42.7 Å². The van der Waals surface area contributed by atoms with Crippen LogP contribution in [-0.2, 0) is 0 Å². The van der Waals surface area contributed by atoms with Gasteiger partial charge in [0.15, 0.2) is 0 Å². The third-order valence-electron chi connectivity index (χ3n) is 4.07. The number of benzene rings is 2. The fraction of sp³-hybridized carbons (Fsp3) is 0.235. The van der Waals surface area contributed by atoms with Gasteiger partial charge in [0.05, 0.1) is 5.56 Å². The molecule has 4 heteroatoms. The van der Waals surface area contributed by atoms with Crippen LogP contribution in [0.5, 0.6) is 0 Å². The van der Waals surface area contributed by atoms with Gasteiger partial charge in [0.25, 0.3) is 5.91 Å². The molecule has 0 spiro atoms. The summed E-state index contributed by atoms with van der Waals surface area (Å²) in [6.07, 6.45) is 2.11. The van der Waals surface area contributed by atoms with Crippen LogP contribution < -0.4 is 5.32 Å². The highest BCUT2D eigenvalue weighted by atomic mass is 79.9. The molecule has 2 aromatic carbocycles. The number of hydrogen-bond acceptors (Lipinski definition) is 2. The van der Waals surface area contributed by atoms with Crippen LogP contribution in [0.1, 0.15) is 34.9 Å². The van der Waals surface area contributed by atoms with Gasteiger partial charge in [0.1, 0.15) is 6.17 Å². The molecule has 2 aromatic rings. The Morgan fingerprint density at radius 2 is 1.90 bits per heavy atom. The fourth-order valence-corrected chi connectivity index (χ4v) is 3.34. The van der Waals surface area contributed by atoms with Gasteiger partial charge >= 0.3 is 0 Å². The van der Waals surface area contributed by atoms with E-state index in [1.54, 1.807) is 0 Å². The maximum Gasteiger partial charge on any atom is 0.258 e. The minimum absolute atomic E-state index is 0.0857. The van der Waals surface area contributed by atoms with Crippen LogP contribution in [0.25, 0.3) is 0 Å². The van der Waals surface area contributed by atoms with Crippen LogP contribution in [0.4, 0.5) is 5.69 Å². The van der Waals surface area contributed by atoms with Crippen LogP contribution in [0, 0.1) is 0 Å². The normalized spacial score (nSPS) is 20.9. The van der Waals surface area contributed by atoms with Crippen molar-refractivity contribution in [3.8, 4) is 0 Å². The molecule has 1 heterocycles. The summed E-state index contributed by atoms with van der Waals surface area (Å²) in [5, 5.41) is 3.53. The average Bonchev–Trinajstić information content (AvgIpc) is 3.32. The molecule has 2 aliphatic rings.